The van der Waals surface area contributed by atoms with Gasteiger partial charge in [-0.05, 0) is 36.8 Å². The molecule has 5 rings (SSSR count). The normalized spacial score (nSPS) is 22.9. The first-order valence-corrected chi connectivity index (χ1v) is 10.8. The predicted molar refractivity (Wildman–Crippen MR) is 107 cm³/mol. The highest BCUT2D eigenvalue weighted by Gasteiger charge is 2.32. The molecule has 2 aromatic heterocycles. The van der Waals surface area contributed by atoms with Gasteiger partial charge in [0, 0.05) is 18.5 Å². The van der Waals surface area contributed by atoms with Crippen LogP contribution in [0.15, 0.2) is 40.0 Å². The highest BCUT2D eigenvalue weighted by atomic mass is 32.2. The number of carbonyl (C=O) groups is 1. The molecule has 1 aromatic carbocycles. The van der Waals surface area contributed by atoms with E-state index in [4.69, 9.17) is 4.42 Å². The minimum Gasteiger partial charge on any atom is -0.451 e. The summed E-state index contributed by atoms with van der Waals surface area (Å²) in [5, 5.41) is 1.74. The number of thioether (sulfide) groups is 1. The smallest absolute Gasteiger partial charge is 0.233 e. The molecule has 2 aliphatic rings. The van der Waals surface area contributed by atoms with Gasteiger partial charge in [-0.1, -0.05) is 43.2 Å². The lowest BCUT2D eigenvalue weighted by Gasteiger charge is -2.41. The molecule has 2 fully saturated rings. The Morgan fingerprint density at radius 3 is 2.93 bits per heavy atom. The van der Waals surface area contributed by atoms with Gasteiger partial charge in [-0.3, -0.25) is 4.79 Å². The monoisotopic (exact) mass is 381 g/mol. The summed E-state index contributed by atoms with van der Waals surface area (Å²) < 4.78 is 5.96. The fraction of sp³-hybridized carbons (Fsp3) is 0.476. The first-order valence-electron chi connectivity index (χ1n) is 9.82. The molecule has 1 saturated heterocycles. The largest absolute Gasteiger partial charge is 0.451 e. The molecule has 0 unspecified atom stereocenters. The van der Waals surface area contributed by atoms with E-state index in [2.05, 4.69) is 14.9 Å². The van der Waals surface area contributed by atoms with E-state index in [0.29, 0.717) is 17.3 Å². The zero-order chi connectivity index (χ0) is 18.2. The average Bonchev–Trinajstić information content (AvgIpc) is 3.11. The van der Waals surface area contributed by atoms with E-state index in [1.807, 2.05) is 24.3 Å². The Morgan fingerprint density at radius 1 is 1.15 bits per heavy atom. The first-order chi connectivity index (χ1) is 13.3. The van der Waals surface area contributed by atoms with Crippen molar-refractivity contribution in [3.63, 3.8) is 0 Å². The van der Waals surface area contributed by atoms with Gasteiger partial charge in [0.15, 0.2) is 5.58 Å². The van der Waals surface area contributed by atoms with Gasteiger partial charge >= 0.3 is 0 Å². The second kappa shape index (κ2) is 7.15. The van der Waals surface area contributed by atoms with Gasteiger partial charge in [0.2, 0.25) is 5.91 Å². The van der Waals surface area contributed by atoms with Gasteiger partial charge in [0.25, 0.3) is 0 Å². The summed E-state index contributed by atoms with van der Waals surface area (Å²) in [5.74, 6) is 2.17. The van der Waals surface area contributed by atoms with Crippen molar-refractivity contribution >= 4 is 39.7 Å². The van der Waals surface area contributed by atoms with Crippen LogP contribution < -0.4 is 0 Å². The van der Waals surface area contributed by atoms with E-state index in [0.717, 1.165) is 40.5 Å². The molecule has 27 heavy (non-hydrogen) atoms. The highest BCUT2D eigenvalue weighted by molar-refractivity contribution is 8.00. The number of aromatic nitrogens is 2. The Kier molecular flexibility index (Phi) is 4.52. The number of amides is 1. The molecular weight excluding hydrogens is 358 g/mol. The second-order valence-corrected chi connectivity index (χ2v) is 8.64. The zero-order valence-corrected chi connectivity index (χ0v) is 16.1. The number of likely N-dealkylation sites (tertiary alicyclic amines) is 1. The van der Waals surface area contributed by atoms with E-state index in [9.17, 15) is 4.79 Å². The lowest BCUT2D eigenvalue weighted by molar-refractivity contribution is -0.131. The zero-order valence-electron chi connectivity index (χ0n) is 15.3. The number of piperidine rings is 1. The third kappa shape index (κ3) is 3.20. The molecule has 0 N–H and O–H groups in total. The number of carbonyl (C=O) groups excluding carboxylic acids is 1. The average molecular weight is 382 g/mol. The van der Waals surface area contributed by atoms with Gasteiger partial charge in [0.1, 0.15) is 22.5 Å². The Morgan fingerprint density at radius 2 is 2.00 bits per heavy atom. The lowest BCUT2D eigenvalue weighted by Crippen LogP contribution is -2.45. The third-order valence-corrected chi connectivity index (χ3v) is 7.06. The first kappa shape index (κ1) is 17.0. The van der Waals surface area contributed by atoms with Gasteiger partial charge in [0.05, 0.1) is 5.75 Å². The van der Waals surface area contributed by atoms with Crippen LogP contribution in [0.4, 0.5) is 0 Å². The van der Waals surface area contributed by atoms with Crippen molar-refractivity contribution in [3.05, 3.63) is 30.6 Å². The van der Waals surface area contributed by atoms with Gasteiger partial charge in [-0.25, -0.2) is 9.97 Å². The highest BCUT2D eigenvalue weighted by Crippen LogP contribution is 2.37. The summed E-state index contributed by atoms with van der Waals surface area (Å²) in [5.41, 5.74) is 2.31. The molecule has 2 atom stereocenters. The van der Waals surface area contributed by atoms with Crippen molar-refractivity contribution in [3.8, 4) is 0 Å². The Bertz CT molecular complexity index is 986. The van der Waals surface area contributed by atoms with Crippen molar-refractivity contribution in [2.75, 3.05) is 18.8 Å². The van der Waals surface area contributed by atoms with Gasteiger partial charge in [-0.15, -0.1) is 0 Å². The van der Waals surface area contributed by atoms with Crippen molar-refractivity contribution in [1.82, 2.24) is 14.9 Å². The molecule has 0 radical (unpaired) electrons. The summed E-state index contributed by atoms with van der Waals surface area (Å²) in [7, 11) is 0. The van der Waals surface area contributed by atoms with E-state index < -0.39 is 0 Å². The summed E-state index contributed by atoms with van der Waals surface area (Å²) in [4.78, 5) is 23.6. The van der Waals surface area contributed by atoms with Crippen LogP contribution in [-0.2, 0) is 4.79 Å². The molecule has 1 aliphatic heterocycles. The van der Waals surface area contributed by atoms with E-state index in [-0.39, 0.29) is 5.91 Å². The van der Waals surface area contributed by atoms with Gasteiger partial charge in [-0.2, -0.15) is 0 Å². The van der Waals surface area contributed by atoms with Crippen LogP contribution in [0.2, 0.25) is 0 Å². The Hall–Kier alpha value is -2.08. The van der Waals surface area contributed by atoms with Crippen LogP contribution >= 0.6 is 11.8 Å². The summed E-state index contributed by atoms with van der Waals surface area (Å²) >= 11 is 1.46. The predicted octanol–water partition coefficient (Wildman–Crippen LogP) is 4.51. The number of hydrogen-bond acceptors (Lipinski definition) is 5. The number of para-hydroxylation sites is 1. The molecule has 1 aliphatic carbocycles. The molecule has 3 heterocycles. The molecular formula is C21H23N3O2S. The standard InChI is InChI=1S/C21H23N3O2S/c25-18(24-10-9-14-5-1-2-6-15(14)11-24)12-27-21-20-19(22-13-23-21)16-7-3-4-8-17(16)26-20/h3-4,7-8,13-15H,1-2,5-6,9-12H2/t14-,15+/m1/s1. The minimum absolute atomic E-state index is 0.215. The van der Waals surface area contributed by atoms with Crippen molar-refractivity contribution in [1.29, 1.82) is 0 Å². The van der Waals surface area contributed by atoms with Crippen LogP contribution in [0.5, 0.6) is 0 Å². The number of rotatable bonds is 3. The molecule has 140 valence electrons. The SMILES string of the molecule is O=C(CSc1ncnc2c1oc1ccccc12)N1CC[C@H]2CCCC[C@H]2C1. The number of fused-ring (bicyclic) bond motifs is 4. The Balaban J connectivity index is 1.30. The van der Waals surface area contributed by atoms with Crippen LogP contribution in [-0.4, -0.2) is 39.6 Å². The number of benzene rings is 1. The molecule has 5 nitrogen and oxygen atoms in total. The van der Waals surface area contributed by atoms with Crippen LogP contribution in [0, 0.1) is 11.8 Å². The fourth-order valence-electron chi connectivity index (χ4n) is 4.65. The number of hydrogen-bond donors (Lipinski definition) is 0. The second-order valence-electron chi connectivity index (χ2n) is 7.68. The number of furan rings is 1. The van der Waals surface area contributed by atoms with Crippen molar-refractivity contribution in [2.45, 2.75) is 37.1 Å². The minimum atomic E-state index is 0.215. The number of nitrogens with zero attached hydrogens (tertiary/aromatic N) is 3. The maximum Gasteiger partial charge on any atom is 0.233 e. The topological polar surface area (TPSA) is 59.2 Å². The van der Waals surface area contributed by atoms with E-state index in [1.54, 1.807) is 6.33 Å². The maximum absolute atomic E-state index is 12.8. The Labute approximate surface area is 162 Å². The van der Waals surface area contributed by atoms with E-state index in [1.165, 1.54) is 43.9 Å². The molecule has 6 heteroatoms. The van der Waals surface area contributed by atoms with Crippen molar-refractivity contribution in [2.24, 2.45) is 11.8 Å². The quantitative estimate of drug-likeness (QED) is 0.494. The fourth-order valence-corrected chi connectivity index (χ4v) is 5.49. The molecule has 0 bridgehead atoms. The molecule has 0 spiro atoms. The van der Waals surface area contributed by atoms with Crippen molar-refractivity contribution < 1.29 is 9.21 Å². The summed E-state index contributed by atoms with van der Waals surface area (Å²) in [6.45, 7) is 1.85. The molecule has 3 aromatic rings. The van der Waals surface area contributed by atoms with Crippen LogP contribution in [0.3, 0.4) is 0 Å². The van der Waals surface area contributed by atoms with Gasteiger partial charge < -0.3 is 9.32 Å². The lowest BCUT2D eigenvalue weighted by atomic mass is 9.75. The summed E-state index contributed by atoms with van der Waals surface area (Å²) in [6, 6.07) is 7.86. The maximum atomic E-state index is 12.8. The third-order valence-electron chi connectivity index (χ3n) is 6.10. The van der Waals surface area contributed by atoms with Crippen LogP contribution in [0.1, 0.15) is 32.1 Å². The van der Waals surface area contributed by atoms with Crippen LogP contribution in [0.25, 0.3) is 22.1 Å². The molecule has 1 saturated carbocycles. The molecule has 1 amide bonds. The van der Waals surface area contributed by atoms with E-state index >= 15 is 0 Å². The summed E-state index contributed by atoms with van der Waals surface area (Å²) in [6.07, 6.45) is 8.06.